The molecule has 0 aliphatic rings. The Kier molecular flexibility index (Phi) is 6.55. The average molecular weight is 378 g/mol. The maximum absolute atomic E-state index is 12.6. The number of likely N-dealkylation sites (N-methyl/N-ethyl adjacent to an activating group) is 2. The van der Waals surface area contributed by atoms with Gasteiger partial charge in [0.25, 0.3) is 0 Å². The standard InChI is InChI=1S/C22H26N4O2/c1-4-26(5-2)19(27)16-25(3)20(17-12-8-6-9-13-17)22-23-21(24-28-22)18-14-10-7-11-15-18/h6-15,20H,4-5,16H2,1-3H3/t20-/m0/s1. The molecule has 1 aromatic heterocycles. The van der Waals surface area contributed by atoms with Crippen LogP contribution in [0.25, 0.3) is 11.4 Å². The van der Waals surface area contributed by atoms with E-state index < -0.39 is 0 Å². The molecule has 1 atom stereocenters. The number of carbonyl (C=O) groups excluding carboxylic acids is 1. The molecule has 6 nitrogen and oxygen atoms in total. The van der Waals surface area contributed by atoms with Crippen LogP contribution >= 0.6 is 0 Å². The van der Waals surface area contributed by atoms with Crippen molar-refractivity contribution in [2.45, 2.75) is 19.9 Å². The fourth-order valence-corrected chi connectivity index (χ4v) is 3.25. The third kappa shape index (κ3) is 4.46. The Bertz CT molecular complexity index is 876. The second kappa shape index (κ2) is 9.28. The molecule has 3 aromatic rings. The lowest BCUT2D eigenvalue weighted by Gasteiger charge is -2.28. The highest BCUT2D eigenvalue weighted by molar-refractivity contribution is 5.78. The van der Waals surface area contributed by atoms with E-state index in [4.69, 9.17) is 4.52 Å². The van der Waals surface area contributed by atoms with E-state index in [-0.39, 0.29) is 18.5 Å². The molecule has 1 amide bonds. The molecule has 28 heavy (non-hydrogen) atoms. The summed E-state index contributed by atoms with van der Waals surface area (Å²) in [5.41, 5.74) is 1.90. The van der Waals surface area contributed by atoms with Crippen molar-refractivity contribution in [1.82, 2.24) is 19.9 Å². The van der Waals surface area contributed by atoms with E-state index in [0.29, 0.717) is 24.8 Å². The van der Waals surface area contributed by atoms with Gasteiger partial charge in [-0.3, -0.25) is 9.69 Å². The predicted octanol–water partition coefficient (Wildman–Crippen LogP) is 3.63. The van der Waals surface area contributed by atoms with Crippen LogP contribution < -0.4 is 0 Å². The molecular formula is C22H26N4O2. The van der Waals surface area contributed by atoms with Gasteiger partial charge in [-0.2, -0.15) is 4.98 Å². The number of aromatic nitrogens is 2. The molecule has 1 heterocycles. The molecule has 6 heteroatoms. The first kappa shape index (κ1) is 19.8. The molecule has 3 rings (SSSR count). The van der Waals surface area contributed by atoms with Crippen LogP contribution in [0.15, 0.2) is 65.2 Å². The Hall–Kier alpha value is -2.99. The number of hydrogen-bond acceptors (Lipinski definition) is 5. The molecule has 0 fully saturated rings. The zero-order chi connectivity index (χ0) is 19.9. The van der Waals surface area contributed by atoms with Gasteiger partial charge < -0.3 is 9.42 Å². The van der Waals surface area contributed by atoms with Crippen molar-refractivity contribution in [1.29, 1.82) is 0 Å². The predicted molar refractivity (Wildman–Crippen MR) is 109 cm³/mol. The fraction of sp³-hybridized carbons (Fsp3) is 0.318. The van der Waals surface area contributed by atoms with Crippen molar-refractivity contribution in [2.24, 2.45) is 0 Å². The molecule has 146 valence electrons. The lowest BCUT2D eigenvalue weighted by atomic mass is 10.1. The number of hydrogen-bond donors (Lipinski definition) is 0. The maximum Gasteiger partial charge on any atom is 0.248 e. The SMILES string of the molecule is CCN(CC)C(=O)CN(C)[C@@H](c1ccccc1)c1nc(-c2ccccc2)no1. The quantitative estimate of drug-likeness (QED) is 0.599. The molecule has 0 aliphatic carbocycles. The molecule has 0 aliphatic heterocycles. The molecule has 0 bridgehead atoms. The van der Waals surface area contributed by atoms with Crippen molar-refractivity contribution >= 4 is 5.91 Å². The lowest BCUT2D eigenvalue weighted by molar-refractivity contribution is -0.132. The summed E-state index contributed by atoms with van der Waals surface area (Å²) < 4.78 is 5.62. The first-order valence-corrected chi connectivity index (χ1v) is 9.56. The van der Waals surface area contributed by atoms with Crippen LogP contribution in [0.4, 0.5) is 0 Å². The average Bonchev–Trinajstić information content (AvgIpc) is 3.20. The summed E-state index contributed by atoms with van der Waals surface area (Å²) >= 11 is 0. The highest BCUT2D eigenvalue weighted by Crippen LogP contribution is 2.28. The van der Waals surface area contributed by atoms with Gasteiger partial charge in [-0.25, -0.2) is 0 Å². The van der Waals surface area contributed by atoms with Gasteiger partial charge in [0.05, 0.1) is 6.54 Å². The number of amides is 1. The summed E-state index contributed by atoms with van der Waals surface area (Å²) in [6, 6.07) is 19.3. The highest BCUT2D eigenvalue weighted by atomic mass is 16.5. The third-order valence-electron chi connectivity index (χ3n) is 4.76. The van der Waals surface area contributed by atoms with Crippen molar-refractivity contribution in [2.75, 3.05) is 26.7 Å². The molecule has 0 unspecified atom stereocenters. The van der Waals surface area contributed by atoms with E-state index in [9.17, 15) is 4.79 Å². The minimum atomic E-state index is -0.300. The minimum absolute atomic E-state index is 0.0798. The van der Waals surface area contributed by atoms with Gasteiger partial charge in [0.1, 0.15) is 6.04 Å². The maximum atomic E-state index is 12.6. The molecule has 0 saturated carbocycles. The first-order chi connectivity index (χ1) is 13.6. The summed E-state index contributed by atoms with van der Waals surface area (Å²) in [6.45, 7) is 5.63. The molecule has 0 saturated heterocycles. The first-order valence-electron chi connectivity index (χ1n) is 9.56. The second-order valence-electron chi connectivity index (χ2n) is 6.62. The number of benzene rings is 2. The zero-order valence-electron chi connectivity index (χ0n) is 16.6. The van der Waals surface area contributed by atoms with Gasteiger partial charge in [0.2, 0.25) is 17.6 Å². The van der Waals surface area contributed by atoms with Crippen molar-refractivity contribution < 1.29 is 9.32 Å². The third-order valence-corrected chi connectivity index (χ3v) is 4.76. The smallest absolute Gasteiger partial charge is 0.248 e. The summed E-state index contributed by atoms with van der Waals surface area (Å²) in [4.78, 5) is 21.0. The van der Waals surface area contributed by atoms with Gasteiger partial charge in [-0.15, -0.1) is 0 Å². The normalized spacial score (nSPS) is 12.1. The summed E-state index contributed by atoms with van der Waals surface area (Å²) in [6.07, 6.45) is 0. The number of carbonyl (C=O) groups is 1. The largest absolute Gasteiger partial charge is 0.342 e. The Labute approximate surface area is 165 Å². The lowest BCUT2D eigenvalue weighted by Crippen LogP contribution is -2.40. The Balaban J connectivity index is 1.90. The monoisotopic (exact) mass is 378 g/mol. The van der Waals surface area contributed by atoms with Gasteiger partial charge in [-0.05, 0) is 26.5 Å². The van der Waals surface area contributed by atoms with Gasteiger partial charge in [0, 0.05) is 18.7 Å². The summed E-state index contributed by atoms with van der Waals surface area (Å²) in [5, 5.41) is 4.15. The Morgan fingerprint density at radius 2 is 1.61 bits per heavy atom. The fourth-order valence-electron chi connectivity index (χ4n) is 3.25. The van der Waals surface area contributed by atoms with Crippen molar-refractivity contribution in [3.63, 3.8) is 0 Å². The van der Waals surface area contributed by atoms with Crippen LogP contribution in [-0.4, -0.2) is 52.5 Å². The summed E-state index contributed by atoms with van der Waals surface area (Å²) in [5.74, 6) is 1.09. The van der Waals surface area contributed by atoms with E-state index in [0.717, 1.165) is 11.1 Å². The number of rotatable bonds is 8. The van der Waals surface area contributed by atoms with E-state index in [1.165, 1.54) is 0 Å². The molecular weight excluding hydrogens is 352 g/mol. The van der Waals surface area contributed by atoms with Gasteiger partial charge in [-0.1, -0.05) is 65.8 Å². The van der Waals surface area contributed by atoms with Crippen LogP contribution in [-0.2, 0) is 4.79 Å². The van der Waals surface area contributed by atoms with Crippen LogP contribution in [0.1, 0.15) is 31.3 Å². The molecule has 0 spiro atoms. The van der Waals surface area contributed by atoms with Crippen LogP contribution in [0.3, 0.4) is 0 Å². The van der Waals surface area contributed by atoms with Crippen molar-refractivity contribution in [3.05, 3.63) is 72.1 Å². The zero-order valence-corrected chi connectivity index (χ0v) is 16.6. The molecule has 2 aromatic carbocycles. The minimum Gasteiger partial charge on any atom is -0.342 e. The van der Waals surface area contributed by atoms with E-state index in [2.05, 4.69) is 10.1 Å². The second-order valence-corrected chi connectivity index (χ2v) is 6.62. The van der Waals surface area contributed by atoms with E-state index in [1.807, 2.05) is 91.4 Å². The summed E-state index contributed by atoms with van der Waals surface area (Å²) in [7, 11) is 1.91. The highest BCUT2D eigenvalue weighted by Gasteiger charge is 2.28. The van der Waals surface area contributed by atoms with Gasteiger partial charge >= 0.3 is 0 Å². The van der Waals surface area contributed by atoms with E-state index >= 15 is 0 Å². The topological polar surface area (TPSA) is 62.5 Å². The van der Waals surface area contributed by atoms with Crippen LogP contribution in [0, 0.1) is 0 Å². The molecule has 0 radical (unpaired) electrons. The Morgan fingerprint density at radius 3 is 2.21 bits per heavy atom. The molecule has 0 N–H and O–H groups in total. The number of nitrogens with zero attached hydrogens (tertiary/aromatic N) is 4. The van der Waals surface area contributed by atoms with E-state index in [1.54, 1.807) is 0 Å². The van der Waals surface area contributed by atoms with Crippen LogP contribution in [0.5, 0.6) is 0 Å². The Morgan fingerprint density at radius 1 is 1.00 bits per heavy atom. The van der Waals surface area contributed by atoms with Crippen molar-refractivity contribution in [3.8, 4) is 11.4 Å². The van der Waals surface area contributed by atoms with Gasteiger partial charge in [0.15, 0.2) is 0 Å². The van der Waals surface area contributed by atoms with Crippen LogP contribution in [0.2, 0.25) is 0 Å².